The zero-order valence-corrected chi connectivity index (χ0v) is 11.6. The summed E-state index contributed by atoms with van der Waals surface area (Å²) in [4.78, 5) is 13.0. The van der Waals surface area contributed by atoms with Crippen LogP contribution in [0.1, 0.15) is 21.5 Å². The Kier molecular flexibility index (Phi) is 3.74. The Morgan fingerprint density at radius 1 is 1.10 bits per heavy atom. The van der Waals surface area contributed by atoms with E-state index in [4.69, 9.17) is 0 Å². The summed E-state index contributed by atoms with van der Waals surface area (Å²) in [6, 6.07) is 9.70. The lowest BCUT2D eigenvalue weighted by molar-refractivity contribution is 0.0697. The zero-order valence-electron chi connectivity index (χ0n) is 11.6. The number of hydrogen-bond donors (Lipinski definition) is 1. The normalized spacial score (nSPS) is 10.4. The molecular formula is C16H16FNO2. The molecule has 0 spiro atoms. The molecule has 0 fully saturated rings. The first-order chi connectivity index (χ1) is 9.40. The van der Waals surface area contributed by atoms with Crippen LogP contribution in [0.2, 0.25) is 0 Å². The van der Waals surface area contributed by atoms with Crippen molar-refractivity contribution >= 4 is 17.3 Å². The standard InChI is InChI=1S/C16H16FNO2/c1-10-4-6-14(11(2)8-10)18(3)15-7-5-12(17)9-13(15)16(19)20/h4-9H,1-3H3,(H,19,20). The van der Waals surface area contributed by atoms with E-state index in [2.05, 4.69) is 0 Å². The number of hydrogen-bond acceptors (Lipinski definition) is 2. The van der Waals surface area contributed by atoms with Crippen LogP contribution in [0.15, 0.2) is 36.4 Å². The van der Waals surface area contributed by atoms with E-state index in [9.17, 15) is 14.3 Å². The minimum absolute atomic E-state index is 0.0486. The van der Waals surface area contributed by atoms with Gasteiger partial charge in [0.05, 0.1) is 11.3 Å². The maximum absolute atomic E-state index is 13.2. The van der Waals surface area contributed by atoms with Crippen LogP contribution in [0.3, 0.4) is 0 Å². The summed E-state index contributed by atoms with van der Waals surface area (Å²) in [6.07, 6.45) is 0. The number of carboxylic acid groups (broad SMARTS) is 1. The van der Waals surface area contributed by atoms with Crippen LogP contribution in [0.4, 0.5) is 15.8 Å². The van der Waals surface area contributed by atoms with Gasteiger partial charge in [0, 0.05) is 12.7 Å². The molecule has 1 N–H and O–H groups in total. The second kappa shape index (κ2) is 5.33. The summed E-state index contributed by atoms with van der Waals surface area (Å²) in [5.41, 5.74) is 3.48. The number of anilines is 2. The van der Waals surface area contributed by atoms with E-state index >= 15 is 0 Å². The predicted molar refractivity (Wildman–Crippen MR) is 77.3 cm³/mol. The molecule has 4 heteroatoms. The van der Waals surface area contributed by atoms with Gasteiger partial charge in [-0.2, -0.15) is 0 Å². The summed E-state index contributed by atoms with van der Waals surface area (Å²) in [6.45, 7) is 3.96. The van der Waals surface area contributed by atoms with E-state index in [1.807, 2.05) is 32.0 Å². The van der Waals surface area contributed by atoms with Gasteiger partial charge in [-0.15, -0.1) is 0 Å². The molecular weight excluding hydrogens is 257 g/mol. The number of rotatable bonds is 3. The highest BCUT2D eigenvalue weighted by molar-refractivity contribution is 5.95. The summed E-state index contributed by atoms with van der Waals surface area (Å²) in [7, 11) is 1.78. The average molecular weight is 273 g/mol. The minimum Gasteiger partial charge on any atom is -0.478 e. The van der Waals surface area contributed by atoms with Gasteiger partial charge in [-0.05, 0) is 43.7 Å². The third-order valence-electron chi connectivity index (χ3n) is 3.26. The first-order valence-electron chi connectivity index (χ1n) is 6.24. The van der Waals surface area contributed by atoms with Crippen molar-refractivity contribution in [2.45, 2.75) is 13.8 Å². The number of aromatic carboxylic acids is 1. The largest absolute Gasteiger partial charge is 0.478 e. The van der Waals surface area contributed by atoms with Crippen LogP contribution in [0, 0.1) is 19.7 Å². The highest BCUT2D eigenvalue weighted by Crippen LogP contribution is 2.30. The van der Waals surface area contributed by atoms with Crippen LogP contribution in [-0.2, 0) is 0 Å². The molecule has 2 rings (SSSR count). The lowest BCUT2D eigenvalue weighted by Gasteiger charge is -2.23. The van der Waals surface area contributed by atoms with Crippen LogP contribution in [-0.4, -0.2) is 18.1 Å². The van der Waals surface area contributed by atoms with E-state index in [0.29, 0.717) is 5.69 Å². The third kappa shape index (κ3) is 2.64. The molecule has 20 heavy (non-hydrogen) atoms. The smallest absolute Gasteiger partial charge is 0.337 e. The molecule has 2 aromatic carbocycles. The fraction of sp³-hybridized carbons (Fsp3) is 0.188. The Morgan fingerprint density at radius 3 is 2.35 bits per heavy atom. The van der Waals surface area contributed by atoms with Crippen LogP contribution < -0.4 is 4.90 Å². The molecule has 0 aliphatic heterocycles. The second-order valence-corrected chi connectivity index (χ2v) is 4.82. The Bertz CT molecular complexity index is 668. The predicted octanol–water partition coefficient (Wildman–Crippen LogP) is 3.91. The number of carboxylic acids is 1. The van der Waals surface area contributed by atoms with Gasteiger partial charge in [0.25, 0.3) is 0 Å². The highest BCUT2D eigenvalue weighted by atomic mass is 19.1. The van der Waals surface area contributed by atoms with E-state index in [0.717, 1.165) is 22.9 Å². The van der Waals surface area contributed by atoms with Crippen LogP contribution in [0.5, 0.6) is 0 Å². The van der Waals surface area contributed by atoms with Crippen molar-refractivity contribution in [2.24, 2.45) is 0 Å². The van der Waals surface area contributed by atoms with E-state index < -0.39 is 11.8 Å². The fourth-order valence-corrected chi connectivity index (χ4v) is 2.28. The first-order valence-corrected chi connectivity index (χ1v) is 6.24. The fourth-order valence-electron chi connectivity index (χ4n) is 2.28. The molecule has 0 saturated carbocycles. The van der Waals surface area contributed by atoms with Gasteiger partial charge in [0.15, 0.2) is 0 Å². The Balaban J connectivity index is 2.53. The summed E-state index contributed by atoms with van der Waals surface area (Å²) in [5, 5.41) is 9.21. The topological polar surface area (TPSA) is 40.5 Å². The lowest BCUT2D eigenvalue weighted by Crippen LogP contribution is -2.15. The van der Waals surface area contributed by atoms with Crippen LogP contribution in [0.25, 0.3) is 0 Å². The first kappa shape index (κ1) is 14.1. The summed E-state index contributed by atoms with van der Waals surface area (Å²) in [5.74, 6) is -1.70. The molecule has 0 radical (unpaired) electrons. The maximum Gasteiger partial charge on any atom is 0.337 e. The molecule has 0 aliphatic carbocycles. The summed E-state index contributed by atoms with van der Waals surface area (Å²) >= 11 is 0. The van der Waals surface area contributed by atoms with Gasteiger partial charge in [-0.25, -0.2) is 9.18 Å². The quantitative estimate of drug-likeness (QED) is 0.921. The van der Waals surface area contributed by atoms with Crippen molar-refractivity contribution in [2.75, 3.05) is 11.9 Å². The van der Waals surface area contributed by atoms with Gasteiger partial charge in [0.1, 0.15) is 5.82 Å². The third-order valence-corrected chi connectivity index (χ3v) is 3.26. The molecule has 0 unspecified atom stereocenters. The summed E-state index contributed by atoms with van der Waals surface area (Å²) < 4.78 is 13.2. The molecule has 0 amide bonds. The van der Waals surface area contributed by atoms with Gasteiger partial charge in [-0.3, -0.25) is 0 Å². The SMILES string of the molecule is Cc1ccc(N(C)c2ccc(F)cc2C(=O)O)c(C)c1. The number of aryl methyl sites for hydroxylation is 2. The van der Waals surface area contributed by atoms with Crippen molar-refractivity contribution in [3.05, 3.63) is 58.9 Å². The maximum atomic E-state index is 13.2. The zero-order chi connectivity index (χ0) is 14.9. The molecule has 0 atom stereocenters. The molecule has 104 valence electrons. The number of nitrogens with zero attached hydrogens (tertiary/aromatic N) is 1. The number of halogens is 1. The van der Waals surface area contributed by atoms with Crippen molar-refractivity contribution in [1.82, 2.24) is 0 Å². The van der Waals surface area contributed by atoms with Crippen molar-refractivity contribution in [1.29, 1.82) is 0 Å². The Hall–Kier alpha value is -2.36. The number of benzene rings is 2. The molecule has 2 aromatic rings. The molecule has 3 nitrogen and oxygen atoms in total. The van der Waals surface area contributed by atoms with Crippen molar-refractivity contribution < 1.29 is 14.3 Å². The van der Waals surface area contributed by atoms with Gasteiger partial charge in [0.2, 0.25) is 0 Å². The van der Waals surface area contributed by atoms with Crippen molar-refractivity contribution in [3.8, 4) is 0 Å². The van der Waals surface area contributed by atoms with Gasteiger partial charge in [-0.1, -0.05) is 17.7 Å². The second-order valence-electron chi connectivity index (χ2n) is 4.82. The van der Waals surface area contributed by atoms with E-state index in [-0.39, 0.29) is 5.56 Å². The molecule has 0 aromatic heterocycles. The average Bonchev–Trinajstić information content (AvgIpc) is 2.37. The van der Waals surface area contributed by atoms with E-state index in [1.165, 1.54) is 12.1 Å². The minimum atomic E-state index is -1.14. The lowest BCUT2D eigenvalue weighted by atomic mass is 10.1. The Morgan fingerprint density at radius 2 is 1.75 bits per heavy atom. The molecule has 0 bridgehead atoms. The van der Waals surface area contributed by atoms with Gasteiger partial charge >= 0.3 is 5.97 Å². The molecule has 0 saturated heterocycles. The highest BCUT2D eigenvalue weighted by Gasteiger charge is 2.16. The van der Waals surface area contributed by atoms with Crippen molar-refractivity contribution in [3.63, 3.8) is 0 Å². The van der Waals surface area contributed by atoms with Crippen LogP contribution >= 0.6 is 0 Å². The van der Waals surface area contributed by atoms with Gasteiger partial charge < -0.3 is 10.0 Å². The molecule has 0 heterocycles. The number of carbonyl (C=O) groups is 1. The Labute approximate surface area is 117 Å². The molecule has 0 aliphatic rings. The van der Waals surface area contributed by atoms with E-state index in [1.54, 1.807) is 11.9 Å². The monoisotopic (exact) mass is 273 g/mol.